The van der Waals surface area contributed by atoms with E-state index < -0.39 is 5.83 Å². The van der Waals surface area contributed by atoms with Crippen molar-refractivity contribution < 1.29 is 14.0 Å². The molecular formula is C17H17FN4O2. The van der Waals surface area contributed by atoms with Crippen LogP contribution in [0.25, 0.3) is 11.2 Å². The lowest BCUT2D eigenvalue weighted by molar-refractivity contribution is -0.118. The van der Waals surface area contributed by atoms with Crippen LogP contribution in [0.2, 0.25) is 0 Å². The molecule has 0 aromatic carbocycles. The molecule has 24 heavy (non-hydrogen) atoms. The van der Waals surface area contributed by atoms with Gasteiger partial charge in [-0.1, -0.05) is 19.2 Å². The topological polar surface area (TPSA) is 75.5 Å². The number of imidazole rings is 1. The fourth-order valence-electron chi connectivity index (χ4n) is 2.25. The van der Waals surface area contributed by atoms with Crippen LogP contribution in [0, 0.1) is 0 Å². The van der Waals surface area contributed by atoms with Crippen LogP contribution >= 0.6 is 0 Å². The molecule has 0 spiro atoms. The van der Waals surface area contributed by atoms with Gasteiger partial charge in [0.15, 0.2) is 5.82 Å². The van der Waals surface area contributed by atoms with Crippen molar-refractivity contribution in [2.24, 2.45) is 0 Å². The second-order valence-electron chi connectivity index (χ2n) is 4.98. The lowest BCUT2D eigenvalue weighted by Gasteiger charge is -2.12. The van der Waals surface area contributed by atoms with E-state index in [1.807, 2.05) is 0 Å². The zero-order valence-corrected chi connectivity index (χ0v) is 13.2. The van der Waals surface area contributed by atoms with Gasteiger partial charge in [-0.3, -0.25) is 9.59 Å². The Bertz CT molecular complexity index is 851. The van der Waals surface area contributed by atoms with E-state index in [1.165, 1.54) is 13.0 Å². The molecule has 0 bridgehead atoms. The molecule has 0 saturated heterocycles. The van der Waals surface area contributed by atoms with Crippen molar-refractivity contribution in [2.75, 3.05) is 11.9 Å². The Labute approximate surface area is 138 Å². The Kier molecular flexibility index (Phi) is 5.26. The zero-order valence-electron chi connectivity index (χ0n) is 13.2. The first kappa shape index (κ1) is 17.1. The molecule has 7 heteroatoms. The summed E-state index contributed by atoms with van der Waals surface area (Å²) < 4.78 is 15.5. The van der Waals surface area contributed by atoms with E-state index in [2.05, 4.69) is 28.8 Å². The van der Waals surface area contributed by atoms with Gasteiger partial charge in [0.1, 0.15) is 11.5 Å². The van der Waals surface area contributed by atoms with Crippen molar-refractivity contribution >= 4 is 29.4 Å². The smallest absolute Gasteiger partial charge is 0.217 e. The van der Waals surface area contributed by atoms with E-state index >= 15 is 0 Å². The monoisotopic (exact) mass is 328 g/mol. The first-order valence-electron chi connectivity index (χ1n) is 7.10. The number of nitrogens with one attached hydrogen (secondary N) is 2. The molecule has 0 aliphatic heterocycles. The van der Waals surface area contributed by atoms with Gasteiger partial charge in [-0.25, -0.2) is 9.37 Å². The molecule has 2 N–H and O–H groups in total. The number of halogens is 1. The van der Waals surface area contributed by atoms with E-state index in [4.69, 9.17) is 0 Å². The van der Waals surface area contributed by atoms with E-state index in [0.717, 1.165) is 0 Å². The van der Waals surface area contributed by atoms with E-state index in [-0.39, 0.29) is 18.0 Å². The average Bonchev–Trinajstić information content (AvgIpc) is 2.92. The highest BCUT2D eigenvalue weighted by atomic mass is 19.1. The predicted octanol–water partition coefficient (Wildman–Crippen LogP) is 2.46. The van der Waals surface area contributed by atoms with Crippen LogP contribution in [0.1, 0.15) is 12.5 Å². The third-order valence-corrected chi connectivity index (χ3v) is 3.34. The summed E-state index contributed by atoms with van der Waals surface area (Å²) in [6.07, 6.45) is 5.40. The molecule has 2 heterocycles. The van der Waals surface area contributed by atoms with Crippen molar-refractivity contribution in [3.8, 4) is 0 Å². The Morgan fingerprint density at radius 2 is 2.17 bits per heavy atom. The molecule has 6 nitrogen and oxygen atoms in total. The number of carbonyl (C=O) groups excluding carboxylic acids is 2. The highest BCUT2D eigenvalue weighted by Crippen LogP contribution is 2.25. The summed E-state index contributed by atoms with van der Waals surface area (Å²) in [5.41, 5.74) is 2.04. The van der Waals surface area contributed by atoms with Gasteiger partial charge in [0.25, 0.3) is 0 Å². The number of nitrogens with zero attached hydrogens (tertiary/aromatic N) is 2. The van der Waals surface area contributed by atoms with Crippen molar-refractivity contribution in [1.82, 2.24) is 14.7 Å². The summed E-state index contributed by atoms with van der Waals surface area (Å²) in [6.45, 7) is 8.41. The molecule has 0 aliphatic carbocycles. The maximum atomic E-state index is 13.8. The standard InChI is InChI=1S/C17H17FN4O2/c1-4-14(15(11(2)18)7-19-12(3)24)13-5-6-17-21-16(20-10-23)9-22(17)8-13/h4-6,8-10H,1-2,7H2,3H3,(H,19,24)(H,20,23)/b15-14+. The number of rotatable bonds is 7. The highest BCUT2D eigenvalue weighted by molar-refractivity contribution is 5.81. The number of carbonyl (C=O) groups is 2. The van der Waals surface area contributed by atoms with Crippen molar-refractivity contribution in [3.05, 3.63) is 60.7 Å². The molecule has 0 saturated carbocycles. The first-order chi connectivity index (χ1) is 11.5. The molecule has 0 radical (unpaired) electrons. The van der Waals surface area contributed by atoms with Crippen molar-refractivity contribution in [3.63, 3.8) is 0 Å². The fourth-order valence-corrected chi connectivity index (χ4v) is 2.25. The van der Waals surface area contributed by atoms with Crippen LogP contribution in [0.4, 0.5) is 10.2 Å². The summed E-state index contributed by atoms with van der Waals surface area (Å²) in [4.78, 5) is 25.8. The molecule has 2 amide bonds. The number of amides is 2. The third kappa shape index (κ3) is 3.75. The lowest BCUT2D eigenvalue weighted by atomic mass is 10.0. The molecule has 0 atom stereocenters. The van der Waals surface area contributed by atoms with Gasteiger partial charge in [0, 0.05) is 25.2 Å². The SMILES string of the molecule is C=C/C(=C(/CNC(C)=O)C(=C)F)c1ccc2nc(NC=O)cn2c1. The molecule has 2 aromatic heterocycles. The Hall–Kier alpha value is -3.22. The Balaban J connectivity index is 2.50. The number of hydrogen-bond donors (Lipinski definition) is 2. The first-order valence-corrected chi connectivity index (χ1v) is 7.10. The van der Waals surface area contributed by atoms with Crippen LogP contribution in [0.3, 0.4) is 0 Å². The minimum atomic E-state index is -0.646. The van der Waals surface area contributed by atoms with Gasteiger partial charge in [0.05, 0.1) is 6.20 Å². The lowest BCUT2D eigenvalue weighted by Crippen LogP contribution is -2.23. The number of fused-ring (bicyclic) bond motifs is 1. The summed E-state index contributed by atoms with van der Waals surface area (Å²) in [6, 6.07) is 3.48. The number of allylic oxidation sites excluding steroid dienone is 2. The second kappa shape index (κ2) is 7.36. The van der Waals surface area contributed by atoms with Crippen LogP contribution in [-0.2, 0) is 9.59 Å². The maximum Gasteiger partial charge on any atom is 0.217 e. The van der Waals surface area contributed by atoms with E-state index in [9.17, 15) is 14.0 Å². The molecule has 0 fully saturated rings. The molecule has 124 valence electrons. The quantitative estimate of drug-likeness (QED) is 0.605. The molecule has 0 unspecified atom stereocenters. The van der Waals surface area contributed by atoms with Gasteiger partial charge in [-0.2, -0.15) is 0 Å². The number of aromatic nitrogens is 2. The molecule has 0 aliphatic rings. The molecule has 2 rings (SSSR count). The van der Waals surface area contributed by atoms with Crippen LogP contribution in [0.15, 0.2) is 55.2 Å². The zero-order chi connectivity index (χ0) is 17.7. The maximum absolute atomic E-state index is 13.8. The fraction of sp³-hybridized carbons (Fsp3) is 0.118. The highest BCUT2D eigenvalue weighted by Gasteiger charge is 2.12. The predicted molar refractivity (Wildman–Crippen MR) is 90.9 cm³/mol. The molecule has 2 aromatic rings. The van der Waals surface area contributed by atoms with Gasteiger partial charge in [-0.05, 0) is 23.3 Å². The van der Waals surface area contributed by atoms with E-state index in [1.54, 1.807) is 28.9 Å². The van der Waals surface area contributed by atoms with Gasteiger partial charge < -0.3 is 15.0 Å². The summed E-state index contributed by atoms with van der Waals surface area (Å²) in [7, 11) is 0. The summed E-state index contributed by atoms with van der Waals surface area (Å²) in [5, 5.41) is 5.02. The van der Waals surface area contributed by atoms with Gasteiger partial charge >= 0.3 is 0 Å². The third-order valence-electron chi connectivity index (χ3n) is 3.34. The van der Waals surface area contributed by atoms with Gasteiger partial charge in [0.2, 0.25) is 12.3 Å². The molecular weight excluding hydrogens is 311 g/mol. The minimum absolute atomic E-state index is 0.00589. The Morgan fingerprint density at radius 3 is 2.75 bits per heavy atom. The second-order valence-corrected chi connectivity index (χ2v) is 4.98. The van der Waals surface area contributed by atoms with Gasteiger partial charge in [-0.15, -0.1) is 0 Å². The van der Waals surface area contributed by atoms with E-state index in [0.29, 0.717) is 29.0 Å². The number of pyridine rings is 1. The van der Waals surface area contributed by atoms with Crippen LogP contribution in [0.5, 0.6) is 0 Å². The Morgan fingerprint density at radius 1 is 1.42 bits per heavy atom. The minimum Gasteiger partial charge on any atom is -0.352 e. The largest absolute Gasteiger partial charge is 0.352 e. The number of hydrogen-bond acceptors (Lipinski definition) is 3. The summed E-state index contributed by atoms with van der Waals surface area (Å²) >= 11 is 0. The van der Waals surface area contributed by atoms with Crippen LogP contribution < -0.4 is 10.6 Å². The van der Waals surface area contributed by atoms with Crippen molar-refractivity contribution in [1.29, 1.82) is 0 Å². The summed E-state index contributed by atoms with van der Waals surface area (Å²) in [5.74, 6) is -0.515. The van der Waals surface area contributed by atoms with Crippen molar-refractivity contribution in [2.45, 2.75) is 6.92 Å². The average molecular weight is 328 g/mol. The normalized spacial score (nSPS) is 11.6. The van der Waals surface area contributed by atoms with Crippen LogP contribution in [-0.4, -0.2) is 28.2 Å². The number of anilines is 1.